The molecule has 4 nitrogen and oxygen atoms in total. The minimum absolute atomic E-state index is 0.138. The van der Waals surface area contributed by atoms with Gasteiger partial charge in [-0.3, -0.25) is 9.79 Å². The number of nitrogens with zero attached hydrogens (tertiary/aromatic N) is 2. The summed E-state index contributed by atoms with van der Waals surface area (Å²) < 4.78 is 5.74. The van der Waals surface area contributed by atoms with Gasteiger partial charge in [0.2, 0.25) is 0 Å². The lowest BCUT2D eigenvalue weighted by atomic mass is 10.1. The quantitative estimate of drug-likeness (QED) is 0.617. The summed E-state index contributed by atoms with van der Waals surface area (Å²) in [7, 11) is 0. The van der Waals surface area contributed by atoms with E-state index in [1.807, 2.05) is 37.3 Å². The van der Waals surface area contributed by atoms with Gasteiger partial charge in [-0.15, -0.1) is 0 Å². The maximum Gasteiger partial charge on any atom is 0.328 e. The van der Waals surface area contributed by atoms with E-state index in [9.17, 15) is 4.79 Å². The predicted molar refractivity (Wildman–Crippen MR) is 76.8 cm³/mol. The highest BCUT2D eigenvalue weighted by molar-refractivity contribution is 9.10. The first-order valence-corrected chi connectivity index (χ1v) is 6.73. The van der Waals surface area contributed by atoms with Gasteiger partial charge in [-0.05, 0) is 25.5 Å². The largest absolute Gasteiger partial charge is 0.465 e. The molecular weight excluding hydrogens is 308 g/mol. The summed E-state index contributed by atoms with van der Waals surface area (Å²) in [5.74, 6) is -1.52. The van der Waals surface area contributed by atoms with Crippen molar-refractivity contribution in [3.63, 3.8) is 0 Å². The van der Waals surface area contributed by atoms with Crippen LogP contribution in [0, 0.1) is 17.2 Å². The molecule has 19 heavy (non-hydrogen) atoms. The molecule has 2 atom stereocenters. The fourth-order valence-electron chi connectivity index (χ4n) is 1.49. The number of hydrogen-bond donors (Lipinski definition) is 0. The Labute approximate surface area is 121 Å². The lowest BCUT2D eigenvalue weighted by Crippen LogP contribution is -2.17. The smallest absolute Gasteiger partial charge is 0.328 e. The zero-order valence-electron chi connectivity index (χ0n) is 10.8. The standard InChI is InChI=1S/C14H15BrN2O2/c1-3-19-14(18)11(8-16)9-17-10(2)12-6-4-5-7-13(12)15/h4-7,9-11H,3H2,1-2H3/t10-,11-/m1/s1. The van der Waals surface area contributed by atoms with Gasteiger partial charge in [0, 0.05) is 10.7 Å². The van der Waals surface area contributed by atoms with E-state index in [1.54, 1.807) is 6.92 Å². The van der Waals surface area contributed by atoms with Crippen LogP contribution in [0.4, 0.5) is 0 Å². The summed E-state index contributed by atoms with van der Waals surface area (Å²) in [5, 5.41) is 8.91. The van der Waals surface area contributed by atoms with Crippen molar-refractivity contribution >= 4 is 28.1 Å². The molecular formula is C14H15BrN2O2. The third-order valence-corrected chi connectivity index (χ3v) is 3.22. The van der Waals surface area contributed by atoms with Gasteiger partial charge in [0.25, 0.3) is 0 Å². The van der Waals surface area contributed by atoms with Crippen LogP contribution in [-0.4, -0.2) is 18.8 Å². The number of halogens is 1. The average molecular weight is 323 g/mol. The SMILES string of the molecule is CCOC(=O)[C@H](C#N)C=N[C@H](C)c1ccccc1Br. The first-order valence-electron chi connectivity index (χ1n) is 5.94. The monoisotopic (exact) mass is 322 g/mol. The molecule has 0 saturated carbocycles. The fourth-order valence-corrected chi connectivity index (χ4v) is 2.10. The molecule has 0 aliphatic heterocycles. The number of esters is 1. The van der Waals surface area contributed by atoms with Gasteiger partial charge in [-0.1, -0.05) is 34.1 Å². The molecule has 0 N–H and O–H groups in total. The van der Waals surface area contributed by atoms with Gasteiger partial charge in [0.05, 0.1) is 18.7 Å². The number of hydrogen-bond acceptors (Lipinski definition) is 4. The maximum atomic E-state index is 11.4. The van der Waals surface area contributed by atoms with Crippen molar-refractivity contribution in [2.45, 2.75) is 19.9 Å². The molecule has 0 aliphatic rings. The molecule has 0 bridgehead atoms. The van der Waals surface area contributed by atoms with Crippen LogP contribution in [0.25, 0.3) is 0 Å². The van der Waals surface area contributed by atoms with Gasteiger partial charge in [0.1, 0.15) is 0 Å². The summed E-state index contributed by atoms with van der Waals surface area (Å²) in [4.78, 5) is 15.7. The van der Waals surface area contributed by atoms with Crippen LogP contribution in [0.5, 0.6) is 0 Å². The van der Waals surface area contributed by atoms with Crippen LogP contribution in [0.3, 0.4) is 0 Å². The number of carbonyl (C=O) groups excluding carboxylic acids is 1. The Kier molecular flexibility index (Phi) is 6.23. The highest BCUT2D eigenvalue weighted by Crippen LogP contribution is 2.25. The summed E-state index contributed by atoms with van der Waals surface area (Å²) in [6.45, 7) is 3.86. The van der Waals surface area contributed by atoms with Gasteiger partial charge >= 0.3 is 5.97 Å². The Morgan fingerprint density at radius 1 is 1.58 bits per heavy atom. The molecule has 0 aliphatic carbocycles. The van der Waals surface area contributed by atoms with E-state index in [-0.39, 0.29) is 12.6 Å². The number of nitriles is 1. The van der Waals surface area contributed by atoms with E-state index in [4.69, 9.17) is 10.00 Å². The summed E-state index contributed by atoms with van der Waals surface area (Å²) >= 11 is 3.44. The Bertz CT molecular complexity index is 508. The number of rotatable bonds is 5. The van der Waals surface area contributed by atoms with E-state index in [2.05, 4.69) is 20.9 Å². The molecule has 0 spiro atoms. The van der Waals surface area contributed by atoms with E-state index in [1.165, 1.54) is 6.21 Å². The lowest BCUT2D eigenvalue weighted by molar-refractivity contribution is -0.143. The topological polar surface area (TPSA) is 62.5 Å². The summed E-state index contributed by atoms with van der Waals surface area (Å²) in [5.41, 5.74) is 0.999. The van der Waals surface area contributed by atoms with Crippen LogP contribution in [0.2, 0.25) is 0 Å². The van der Waals surface area contributed by atoms with Gasteiger partial charge in [0.15, 0.2) is 5.92 Å². The summed E-state index contributed by atoms with van der Waals surface area (Å²) in [6, 6.07) is 9.44. The molecule has 0 fully saturated rings. The number of benzene rings is 1. The van der Waals surface area contributed by atoms with Crippen molar-refractivity contribution in [2.24, 2.45) is 10.9 Å². The molecule has 0 radical (unpaired) electrons. The van der Waals surface area contributed by atoms with E-state index >= 15 is 0 Å². The van der Waals surface area contributed by atoms with E-state index in [0.29, 0.717) is 0 Å². The average Bonchev–Trinajstić information content (AvgIpc) is 2.40. The molecule has 1 aromatic carbocycles. The van der Waals surface area contributed by atoms with Crippen molar-refractivity contribution in [3.05, 3.63) is 34.3 Å². The first-order chi connectivity index (χ1) is 9.10. The molecule has 5 heteroatoms. The normalized spacial score (nSPS) is 13.8. The van der Waals surface area contributed by atoms with Crippen LogP contribution in [0.15, 0.2) is 33.7 Å². The second-order valence-electron chi connectivity index (χ2n) is 3.85. The zero-order chi connectivity index (χ0) is 14.3. The van der Waals surface area contributed by atoms with Crippen molar-refractivity contribution in [1.29, 1.82) is 5.26 Å². The van der Waals surface area contributed by atoms with Gasteiger partial charge in [-0.2, -0.15) is 5.26 Å². The van der Waals surface area contributed by atoms with Crippen molar-refractivity contribution in [3.8, 4) is 6.07 Å². The minimum atomic E-state index is -0.954. The Morgan fingerprint density at radius 2 is 2.26 bits per heavy atom. The number of ether oxygens (including phenoxy) is 1. The van der Waals surface area contributed by atoms with E-state index in [0.717, 1.165) is 10.0 Å². The maximum absolute atomic E-state index is 11.4. The number of carbonyl (C=O) groups is 1. The molecule has 0 aromatic heterocycles. The van der Waals surface area contributed by atoms with Crippen molar-refractivity contribution < 1.29 is 9.53 Å². The Hall–Kier alpha value is -1.67. The fraction of sp³-hybridized carbons (Fsp3) is 0.357. The highest BCUT2D eigenvalue weighted by Gasteiger charge is 2.17. The molecule has 0 heterocycles. The Balaban J connectivity index is 2.78. The first kappa shape index (κ1) is 15.4. The highest BCUT2D eigenvalue weighted by atomic mass is 79.9. The predicted octanol–water partition coefficient (Wildman–Crippen LogP) is 3.28. The minimum Gasteiger partial charge on any atom is -0.465 e. The lowest BCUT2D eigenvalue weighted by Gasteiger charge is -2.09. The van der Waals surface area contributed by atoms with E-state index < -0.39 is 11.9 Å². The van der Waals surface area contributed by atoms with Gasteiger partial charge in [-0.25, -0.2) is 0 Å². The molecule has 1 rings (SSSR count). The third kappa shape index (κ3) is 4.49. The van der Waals surface area contributed by atoms with Gasteiger partial charge < -0.3 is 4.74 Å². The van der Waals surface area contributed by atoms with Crippen molar-refractivity contribution in [2.75, 3.05) is 6.61 Å². The van der Waals surface area contributed by atoms with Crippen LogP contribution in [-0.2, 0) is 9.53 Å². The molecule has 1 aromatic rings. The van der Waals surface area contributed by atoms with Crippen LogP contribution < -0.4 is 0 Å². The molecule has 0 saturated heterocycles. The number of aliphatic imine (C=N–C) groups is 1. The molecule has 0 unspecified atom stereocenters. The van der Waals surface area contributed by atoms with Crippen molar-refractivity contribution in [1.82, 2.24) is 0 Å². The third-order valence-electron chi connectivity index (χ3n) is 2.49. The summed E-state index contributed by atoms with van der Waals surface area (Å²) in [6.07, 6.45) is 1.35. The molecule has 0 amide bonds. The van der Waals surface area contributed by atoms with Crippen LogP contribution >= 0.6 is 15.9 Å². The molecule has 100 valence electrons. The second kappa shape index (κ2) is 7.70. The zero-order valence-corrected chi connectivity index (χ0v) is 12.4. The second-order valence-corrected chi connectivity index (χ2v) is 4.71. The van der Waals surface area contributed by atoms with Crippen LogP contribution in [0.1, 0.15) is 25.5 Å². The Morgan fingerprint density at radius 3 is 2.84 bits per heavy atom.